The molecule has 1 aromatic carbocycles. The van der Waals surface area contributed by atoms with E-state index in [1.165, 1.54) is 10.0 Å². The van der Waals surface area contributed by atoms with E-state index in [0.29, 0.717) is 0 Å². The lowest BCUT2D eigenvalue weighted by Gasteiger charge is -2.29. The Bertz CT molecular complexity index is 363. The molecule has 0 atom stereocenters. The summed E-state index contributed by atoms with van der Waals surface area (Å²) in [6.45, 7) is 1.04. The Morgan fingerprint density at radius 1 is 1.33 bits per heavy atom. The molecule has 1 aromatic rings. The summed E-state index contributed by atoms with van der Waals surface area (Å²) in [5, 5.41) is 3.31. The molecule has 2 rings (SSSR count). The summed E-state index contributed by atoms with van der Waals surface area (Å²) >= 11 is 3.54. The molecule has 0 saturated carbocycles. The van der Waals surface area contributed by atoms with Gasteiger partial charge >= 0.3 is 0 Å². The van der Waals surface area contributed by atoms with Crippen LogP contribution in [0.25, 0.3) is 0 Å². The molecule has 80 valence electrons. The van der Waals surface area contributed by atoms with Crippen molar-refractivity contribution in [2.24, 2.45) is 0 Å². The van der Waals surface area contributed by atoms with Crippen LogP contribution in [0, 0.1) is 0 Å². The third kappa shape index (κ3) is 2.16. The molecular formula is C13H16BrN. The predicted octanol–water partition coefficient (Wildman–Crippen LogP) is 3.26. The van der Waals surface area contributed by atoms with Gasteiger partial charge in [0.2, 0.25) is 0 Å². The van der Waals surface area contributed by atoms with Crippen molar-refractivity contribution in [1.82, 2.24) is 5.32 Å². The lowest BCUT2D eigenvalue weighted by atomic mass is 9.78. The number of rotatable bonds is 3. The van der Waals surface area contributed by atoms with Crippen molar-refractivity contribution in [3.63, 3.8) is 0 Å². The van der Waals surface area contributed by atoms with Crippen LogP contribution < -0.4 is 5.32 Å². The molecule has 0 saturated heterocycles. The van der Waals surface area contributed by atoms with Crippen molar-refractivity contribution in [3.8, 4) is 0 Å². The summed E-state index contributed by atoms with van der Waals surface area (Å²) in [5.41, 5.74) is 1.70. The van der Waals surface area contributed by atoms with Crippen molar-refractivity contribution in [2.45, 2.75) is 18.3 Å². The van der Waals surface area contributed by atoms with Gasteiger partial charge in [-0.15, -0.1) is 0 Å². The monoisotopic (exact) mass is 265 g/mol. The minimum absolute atomic E-state index is 0.276. The van der Waals surface area contributed by atoms with Crippen molar-refractivity contribution in [1.29, 1.82) is 0 Å². The highest BCUT2D eigenvalue weighted by Gasteiger charge is 2.32. The third-order valence-electron chi connectivity index (χ3n) is 3.14. The van der Waals surface area contributed by atoms with E-state index in [-0.39, 0.29) is 5.41 Å². The molecule has 0 aromatic heterocycles. The minimum atomic E-state index is 0.276. The highest BCUT2D eigenvalue weighted by molar-refractivity contribution is 9.10. The number of benzene rings is 1. The first kappa shape index (κ1) is 10.9. The zero-order chi connectivity index (χ0) is 10.7. The molecule has 0 heterocycles. The minimum Gasteiger partial charge on any atom is -0.319 e. The van der Waals surface area contributed by atoms with Gasteiger partial charge in [-0.1, -0.05) is 40.2 Å². The maximum absolute atomic E-state index is 3.54. The number of allylic oxidation sites excluding steroid dienone is 2. The molecule has 1 N–H and O–H groups in total. The first-order chi connectivity index (χ1) is 7.27. The van der Waals surface area contributed by atoms with E-state index < -0.39 is 0 Å². The highest BCUT2D eigenvalue weighted by Crippen LogP contribution is 2.37. The van der Waals surface area contributed by atoms with Crippen molar-refractivity contribution in [3.05, 3.63) is 46.5 Å². The standard InChI is InChI=1S/C13H16BrN/c1-15-10-13(7-2-3-8-13)11-5-4-6-12(14)9-11/h2-6,9,15H,7-8,10H2,1H3. The molecule has 0 aliphatic heterocycles. The smallest absolute Gasteiger partial charge is 0.0178 e. The summed E-state index contributed by atoms with van der Waals surface area (Å²) in [7, 11) is 2.03. The van der Waals surface area contributed by atoms with Gasteiger partial charge in [-0.05, 0) is 37.6 Å². The molecule has 0 unspecified atom stereocenters. The summed E-state index contributed by atoms with van der Waals surface area (Å²) in [6.07, 6.45) is 6.87. The van der Waals surface area contributed by atoms with E-state index in [2.05, 4.69) is 57.7 Å². The number of likely N-dealkylation sites (N-methyl/N-ethyl adjacent to an activating group) is 1. The normalized spacial score (nSPS) is 18.3. The van der Waals surface area contributed by atoms with Gasteiger partial charge in [0.05, 0.1) is 0 Å². The Hall–Kier alpha value is -0.600. The fourth-order valence-corrected chi connectivity index (χ4v) is 2.74. The Balaban J connectivity index is 2.32. The Morgan fingerprint density at radius 3 is 2.67 bits per heavy atom. The zero-order valence-electron chi connectivity index (χ0n) is 8.96. The second kappa shape index (κ2) is 4.50. The second-order valence-electron chi connectivity index (χ2n) is 4.20. The van der Waals surface area contributed by atoms with Crippen LogP contribution in [0.4, 0.5) is 0 Å². The van der Waals surface area contributed by atoms with Gasteiger partial charge in [0, 0.05) is 16.4 Å². The Kier molecular flexibility index (Phi) is 3.27. The van der Waals surface area contributed by atoms with Crippen LogP contribution in [0.5, 0.6) is 0 Å². The molecule has 0 radical (unpaired) electrons. The maximum atomic E-state index is 3.54. The molecule has 1 aliphatic rings. The van der Waals surface area contributed by atoms with Gasteiger partial charge in [0.1, 0.15) is 0 Å². The second-order valence-corrected chi connectivity index (χ2v) is 5.12. The van der Waals surface area contributed by atoms with Gasteiger partial charge in [-0.3, -0.25) is 0 Å². The van der Waals surface area contributed by atoms with Gasteiger partial charge in [-0.25, -0.2) is 0 Å². The molecule has 1 aliphatic carbocycles. The van der Waals surface area contributed by atoms with E-state index in [4.69, 9.17) is 0 Å². The molecular weight excluding hydrogens is 250 g/mol. The average Bonchev–Trinajstić information content (AvgIpc) is 2.68. The van der Waals surface area contributed by atoms with Gasteiger partial charge in [0.25, 0.3) is 0 Å². The van der Waals surface area contributed by atoms with E-state index in [0.717, 1.165) is 19.4 Å². The van der Waals surface area contributed by atoms with Gasteiger partial charge in [-0.2, -0.15) is 0 Å². The maximum Gasteiger partial charge on any atom is 0.0178 e. The van der Waals surface area contributed by atoms with Crippen molar-refractivity contribution in [2.75, 3.05) is 13.6 Å². The topological polar surface area (TPSA) is 12.0 Å². The van der Waals surface area contributed by atoms with E-state index >= 15 is 0 Å². The Morgan fingerprint density at radius 2 is 2.07 bits per heavy atom. The molecule has 0 fully saturated rings. The third-order valence-corrected chi connectivity index (χ3v) is 3.63. The summed E-state index contributed by atoms with van der Waals surface area (Å²) in [4.78, 5) is 0. The van der Waals surface area contributed by atoms with Gasteiger partial charge in [0.15, 0.2) is 0 Å². The van der Waals surface area contributed by atoms with Crippen LogP contribution >= 0.6 is 15.9 Å². The number of halogens is 1. The van der Waals surface area contributed by atoms with Gasteiger partial charge < -0.3 is 5.32 Å². The molecule has 2 heteroatoms. The SMILES string of the molecule is CNCC1(c2cccc(Br)c2)CC=CC1. The molecule has 1 nitrogen and oxygen atoms in total. The van der Waals surface area contributed by atoms with E-state index in [1.54, 1.807) is 0 Å². The van der Waals surface area contributed by atoms with Crippen LogP contribution in [0.1, 0.15) is 18.4 Å². The molecule has 0 amide bonds. The fraction of sp³-hybridized carbons (Fsp3) is 0.385. The fourth-order valence-electron chi connectivity index (χ4n) is 2.34. The number of hydrogen-bond donors (Lipinski definition) is 1. The quantitative estimate of drug-likeness (QED) is 0.828. The predicted molar refractivity (Wildman–Crippen MR) is 68.1 cm³/mol. The molecule has 0 bridgehead atoms. The molecule has 0 spiro atoms. The first-order valence-electron chi connectivity index (χ1n) is 5.32. The molecule has 15 heavy (non-hydrogen) atoms. The number of hydrogen-bond acceptors (Lipinski definition) is 1. The van der Waals surface area contributed by atoms with Crippen LogP contribution in [-0.4, -0.2) is 13.6 Å². The van der Waals surface area contributed by atoms with Crippen LogP contribution in [0.15, 0.2) is 40.9 Å². The summed E-state index contributed by atoms with van der Waals surface area (Å²) in [6, 6.07) is 8.67. The van der Waals surface area contributed by atoms with Crippen LogP contribution in [-0.2, 0) is 5.41 Å². The lowest BCUT2D eigenvalue weighted by molar-refractivity contribution is 0.436. The summed E-state index contributed by atoms with van der Waals surface area (Å²) < 4.78 is 1.17. The zero-order valence-corrected chi connectivity index (χ0v) is 10.5. The van der Waals surface area contributed by atoms with E-state index in [9.17, 15) is 0 Å². The van der Waals surface area contributed by atoms with E-state index in [1.807, 2.05) is 7.05 Å². The average molecular weight is 266 g/mol. The summed E-state index contributed by atoms with van der Waals surface area (Å²) in [5.74, 6) is 0. The number of nitrogens with one attached hydrogen (secondary N) is 1. The van der Waals surface area contributed by atoms with Crippen LogP contribution in [0.2, 0.25) is 0 Å². The largest absolute Gasteiger partial charge is 0.319 e. The lowest BCUT2D eigenvalue weighted by Crippen LogP contribution is -2.34. The van der Waals surface area contributed by atoms with Crippen molar-refractivity contribution >= 4 is 15.9 Å². The first-order valence-corrected chi connectivity index (χ1v) is 6.12. The van der Waals surface area contributed by atoms with Crippen molar-refractivity contribution < 1.29 is 0 Å². The van der Waals surface area contributed by atoms with Crippen LogP contribution in [0.3, 0.4) is 0 Å². The highest BCUT2D eigenvalue weighted by atomic mass is 79.9. The Labute approximate surface area is 99.7 Å².